The first-order valence-corrected chi connectivity index (χ1v) is 11.6. The van der Waals surface area contributed by atoms with E-state index in [1.807, 2.05) is 0 Å². The summed E-state index contributed by atoms with van der Waals surface area (Å²) in [5.74, 6) is -0.461. The van der Waals surface area contributed by atoms with Gasteiger partial charge in [0.1, 0.15) is 11.8 Å². The molecule has 1 atom stereocenters. The molecule has 0 aliphatic carbocycles. The Hall–Kier alpha value is -2.68. The van der Waals surface area contributed by atoms with Gasteiger partial charge in [0.15, 0.2) is 5.11 Å². The van der Waals surface area contributed by atoms with Gasteiger partial charge in [-0.1, -0.05) is 33.1 Å². The average Bonchev–Trinajstić information content (AvgIpc) is 2.78. The lowest BCUT2D eigenvalue weighted by Gasteiger charge is -2.36. The van der Waals surface area contributed by atoms with E-state index in [1.54, 1.807) is 29.2 Å². The van der Waals surface area contributed by atoms with Gasteiger partial charge in [-0.3, -0.25) is 19.7 Å². The maximum Gasteiger partial charge on any atom is 0.308 e. The zero-order valence-electron chi connectivity index (χ0n) is 18.9. The van der Waals surface area contributed by atoms with Gasteiger partial charge in [-0.2, -0.15) is 0 Å². The molecule has 2 N–H and O–H groups in total. The molecule has 2 rings (SSSR count). The summed E-state index contributed by atoms with van der Waals surface area (Å²) in [6.07, 6.45) is 4.68. The van der Waals surface area contributed by atoms with Crippen molar-refractivity contribution in [1.82, 2.24) is 15.5 Å². The molecule has 0 aromatic heterocycles. The molecule has 1 unspecified atom stereocenters. The monoisotopic (exact) mass is 463 g/mol. The van der Waals surface area contributed by atoms with Crippen LogP contribution in [0.25, 0.3) is 0 Å². The zero-order chi connectivity index (χ0) is 23.3. The lowest BCUT2D eigenvalue weighted by molar-refractivity contribution is -0.147. The number of nitrogens with one attached hydrogen (secondary N) is 2. The smallest absolute Gasteiger partial charge is 0.308 e. The fourth-order valence-electron chi connectivity index (χ4n) is 3.19. The molecule has 176 valence electrons. The summed E-state index contributed by atoms with van der Waals surface area (Å²) in [5.41, 5.74) is 0.420. The number of hydrogen-bond donors (Lipinski definition) is 2. The third-order valence-electron chi connectivity index (χ3n) is 5.07. The maximum absolute atomic E-state index is 12.6. The minimum atomic E-state index is -0.815. The molecule has 1 aromatic carbocycles. The highest BCUT2D eigenvalue weighted by molar-refractivity contribution is 7.80. The Balaban J connectivity index is 1.93. The van der Waals surface area contributed by atoms with E-state index in [0.717, 1.165) is 32.1 Å². The number of carbonyl (C=O) groups excluding carboxylic acids is 3. The molecule has 0 radical (unpaired) electrons. The van der Waals surface area contributed by atoms with Gasteiger partial charge in [0.2, 0.25) is 5.91 Å². The summed E-state index contributed by atoms with van der Waals surface area (Å²) in [4.78, 5) is 38.8. The van der Waals surface area contributed by atoms with Crippen LogP contribution < -0.4 is 15.4 Å². The number of carbonyl (C=O) groups is 3. The van der Waals surface area contributed by atoms with Crippen LogP contribution in [-0.2, 0) is 14.3 Å². The Kier molecular flexibility index (Phi) is 10.9. The summed E-state index contributed by atoms with van der Waals surface area (Å²) in [7, 11) is 0. The van der Waals surface area contributed by atoms with Crippen LogP contribution in [0.1, 0.15) is 62.7 Å². The third-order valence-corrected chi connectivity index (χ3v) is 5.40. The Labute approximate surface area is 195 Å². The number of benzene rings is 1. The minimum Gasteiger partial charge on any atom is -0.494 e. The van der Waals surface area contributed by atoms with Gasteiger partial charge >= 0.3 is 5.97 Å². The van der Waals surface area contributed by atoms with Gasteiger partial charge in [0.05, 0.1) is 19.6 Å². The Morgan fingerprint density at radius 1 is 1.12 bits per heavy atom. The second-order valence-electron chi connectivity index (χ2n) is 7.62. The van der Waals surface area contributed by atoms with Crippen molar-refractivity contribution in [3.8, 4) is 5.75 Å². The van der Waals surface area contributed by atoms with Crippen molar-refractivity contribution in [3.05, 3.63) is 29.8 Å². The first-order valence-electron chi connectivity index (χ1n) is 11.2. The lowest BCUT2D eigenvalue weighted by Crippen LogP contribution is -2.60. The minimum absolute atomic E-state index is 0.108. The number of thiocarbonyl (C=S) groups is 1. The first kappa shape index (κ1) is 25.6. The van der Waals surface area contributed by atoms with Gasteiger partial charge in [-0.05, 0) is 49.3 Å². The van der Waals surface area contributed by atoms with Crippen molar-refractivity contribution >= 4 is 35.1 Å². The normalized spacial score (nSPS) is 15.6. The number of amides is 2. The second-order valence-corrected chi connectivity index (χ2v) is 8.00. The molecule has 1 aromatic rings. The summed E-state index contributed by atoms with van der Waals surface area (Å²) in [6, 6.07) is 5.98. The molecule has 1 saturated heterocycles. The van der Waals surface area contributed by atoms with E-state index in [9.17, 15) is 14.4 Å². The second kappa shape index (κ2) is 13.7. The molecule has 0 bridgehead atoms. The SMILES string of the molecule is CCCCCOC(=O)CC1C(=O)NCCN1C(=S)NC(=O)c1ccc(OCCCC)cc1. The van der Waals surface area contributed by atoms with E-state index >= 15 is 0 Å². The molecular weight excluding hydrogens is 430 g/mol. The third kappa shape index (κ3) is 8.11. The molecule has 0 saturated carbocycles. The summed E-state index contributed by atoms with van der Waals surface area (Å²) in [5, 5.41) is 5.51. The average molecular weight is 464 g/mol. The van der Waals surface area contributed by atoms with Crippen molar-refractivity contribution in [1.29, 1.82) is 0 Å². The Morgan fingerprint density at radius 3 is 2.53 bits per heavy atom. The van der Waals surface area contributed by atoms with Crippen molar-refractivity contribution in [2.24, 2.45) is 0 Å². The molecule has 2 amide bonds. The van der Waals surface area contributed by atoms with E-state index in [1.165, 1.54) is 0 Å². The van der Waals surface area contributed by atoms with Crippen LogP contribution in [0.5, 0.6) is 5.75 Å². The van der Waals surface area contributed by atoms with Gasteiger partial charge in [-0.15, -0.1) is 0 Å². The fraction of sp³-hybridized carbons (Fsp3) is 0.565. The van der Waals surface area contributed by atoms with Gasteiger partial charge in [0, 0.05) is 18.7 Å². The highest BCUT2D eigenvalue weighted by Gasteiger charge is 2.34. The van der Waals surface area contributed by atoms with Crippen LogP contribution in [-0.4, -0.2) is 60.1 Å². The van der Waals surface area contributed by atoms with Crippen molar-refractivity contribution in [3.63, 3.8) is 0 Å². The predicted molar refractivity (Wildman–Crippen MR) is 126 cm³/mol. The van der Waals surface area contributed by atoms with Crippen LogP contribution in [0.4, 0.5) is 0 Å². The number of rotatable bonds is 11. The quantitative estimate of drug-likeness (QED) is 0.296. The van der Waals surface area contributed by atoms with Crippen LogP contribution >= 0.6 is 12.2 Å². The summed E-state index contributed by atoms with van der Waals surface area (Å²) < 4.78 is 10.8. The van der Waals surface area contributed by atoms with E-state index in [2.05, 4.69) is 24.5 Å². The van der Waals surface area contributed by atoms with E-state index in [-0.39, 0.29) is 23.3 Å². The number of ether oxygens (including phenoxy) is 2. The number of nitrogens with zero attached hydrogens (tertiary/aromatic N) is 1. The molecule has 1 aliphatic rings. The highest BCUT2D eigenvalue weighted by Crippen LogP contribution is 2.14. The van der Waals surface area contributed by atoms with E-state index in [4.69, 9.17) is 21.7 Å². The van der Waals surface area contributed by atoms with Crippen LogP contribution in [0, 0.1) is 0 Å². The number of hydrogen-bond acceptors (Lipinski definition) is 6. The van der Waals surface area contributed by atoms with Crippen LogP contribution in [0.3, 0.4) is 0 Å². The lowest BCUT2D eigenvalue weighted by atomic mass is 10.1. The van der Waals surface area contributed by atoms with Crippen LogP contribution in [0.15, 0.2) is 24.3 Å². The first-order chi connectivity index (χ1) is 15.5. The van der Waals surface area contributed by atoms with E-state index in [0.29, 0.717) is 37.6 Å². The number of esters is 1. The molecular formula is C23H33N3O5S. The van der Waals surface area contributed by atoms with Gasteiger partial charge in [-0.25, -0.2) is 0 Å². The Bertz CT molecular complexity index is 784. The summed E-state index contributed by atoms with van der Waals surface area (Å²) >= 11 is 5.39. The zero-order valence-corrected chi connectivity index (χ0v) is 19.7. The van der Waals surface area contributed by atoms with Gasteiger partial charge < -0.3 is 19.7 Å². The fourth-order valence-corrected chi connectivity index (χ4v) is 3.50. The molecule has 1 fully saturated rings. The van der Waals surface area contributed by atoms with Gasteiger partial charge in [0.25, 0.3) is 5.91 Å². The number of piperazine rings is 1. The molecule has 1 aliphatic heterocycles. The van der Waals surface area contributed by atoms with E-state index < -0.39 is 12.0 Å². The van der Waals surface area contributed by atoms with Crippen molar-refractivity contribution < 1.29 is 23.9 Å². The highest BCUT2D eigenvalue weighted by atomic mass is 32.1. The molecule has 9 heteroatoms. The topological polar surface area (TPSA) is 97.0 Å². The molecule has 32 heavy (non-hydrogen) atoms. The molecule has 8 nitrogen and oxygen atoms in total. The van der Waals surface area contributed by atoms with Crippen molar-refractivity contribution in [2.45, 2.75) is 58.4 Å². The maximum atomic E-state index is 12.6. The number of unbranched alkanes of at least 4 members (excludes halogenated alkanes) is 3. The Morgan fingerprint density at radius 2 is 1.84 bits per heavy atom. The molecule has 1 heterocycles. The predicted octanol–water partition coefficient (Wildman–Crippen LogP) is 2.80. The summed E-state index contributed by atoms with van der Waals surface area (Å²) in [6.45, 7) is 5.89. The molecule has 0 spiro atoms. The van der Waals surface area contributed by atoms with Crippen molar-refractivity contribution in [2.75, 3.05) is 26.3 Å². The standard InChI is InChI=1S/C23H33N3O5S/c1-3-5-7-15-31-20(27)16-19-22(29)24-12-13-26(19)23(32)25-21(28)17-8-10-18(11-9-17)30-14-6-4-2/h8-11,19H,3-7,12-16H2,1-2H3,(H,24,29)(H,25,28,32). The largest absolute Gasteiger partial charge is 0.494 e. The van der Waals surface area contributed by atoms with Crippen LogP contribution in [0.2, 0.25) is 0 Å².